The number of rotatable bonds is 3. The third-order valence-electron chi connectivity index (χ3n) is 2.98. The average molecular weight is 323 g/mol. The summed E-state index contributed by atoms with van der Waals surface area (Å²) in [5, 5.41) is 0.0670. The van der Waals surface area contributed by atoms with Crippen LogP contribution >= 0.6 is 23.8 Å². The van der Waals surface area contributed by atoms with Crippen LogP contribution in [-0.4, -0.2) is 17.9 Å². The van der Waals surface area contributed by atoms with Gasteiger partial charge in [-0.1, -0.05) is 36.0 Å². The van der Waals surface area contributed by atoms with E-state index in [1.165, 1.54) is 17.0 Å². The van der Waals surface area contributed by atoms with Gasteiger partial charge in [0.15, 0.2) is 0 Å². The van der Waals surface area contributed by atoms with Crippen molar-refractivity contribution in [3.05, 3.63) is 64.4 Å². The number of nitrogens with two attached hydrogens (primary N) is 1. The summed E-state index contributed by atoms with van der Waals surface area (Å²) in [4.78, 5) is 14.1. The molecule has 0 saturated heterocycles. The molecule has 3 nitrogen and oxygen atoms in total. The largest absolute Gasteiger partial charge is 0.389 e. The van der Waals surface area contributed by atoms with E-state index in [2.05, 4.69) is 0 Å². The quantitative estimate of drug-likeness (QED) is 0.881. The first-order valence-electron chi connectivity index (χ1n) is 6.03. The van der Waals surface area contributed by atoms with Crippen molar-refractivity contribution in [1.29, 1.82) is 0 Å². The molecule has 0 aliphatic heterocycles. The fourth-order valence-electron chi connectivity index (χ4n) is 1.83. The van der Waals surface area contributed by atoms with Crippen LogP contribution in [0.3, 0.4) is 0 Å². The zero-order valence-electron chi connectivity index (χ0n) is 11.1. The maximum Gasteiger partial charge on any atom is 0.259 e. The Morgan fingerprint density at radius 3 is 2.62 bits per heavy atom. The lowest BCUT2D eigenvalue weighted by Gasteiger charge is -2.18. The van der Waals surface area contributed by atoms with Crippen LogP contribution in [0.2, 0.25) is 5.02 Å². The Balaban J connectivity index is 2.35. The first kappa shape index (κ1) is 15.4. The molecule has 2 rings (SSSR count). The number of nitrogens with zero attached hydrogens (tertiary/aromatic N) is 1. The molecule has 21 heavy (non-hydrogen) atoms. The van der Waals surface area contributed by atoms with E-state index < -0.39 is 5.82 Å². The summed E-state index contributed by atoms with van der Waals surface area (Å²) in [5.41, 5.74) is 7.08. The predicted molar refractivity (Wildman–Crippen MR) is 86.5 cm³/mol. The monoisotopic (exact) mass is 322 g/mol. The van der Waals surface area contributed by atoms with Gasteiger partial charge < -0.3 is 10.6 Å². The summed E-state index contributed by atoms with van der Waals surface area (Å²) in [7, 11) is 1.60. The van der Waals surface area contributed by atoms with Gasteiger partial charge >= 0.3 is 0 Å². The zero-order valence-corrected chi connectivity index (χ0v) is 12.7. The predicted octanol–water partition coefficient (Wildman–Crippen LogP) is 3.39. The van der Waals surface area contributed by atoms with Crippen molar-refractivity contribution in [2.75, 3.05) is 11.9 Å². The summed E-state index contributed by atoms with van der Waals surface area (Å²) in [6, 6.07) is 10.6. The number of benzene rings is 2. The lowest BCUT2D eigenvalue weighted by Crippen LogP contribution is -2.27. The van der Waals surface area contributed by atoms with E-state index in [1.807, 2.05) is 0 Å². The van der Waals surface area contributed by atoms with E-state index >= 15 is 0 Å². The summed E-state index contributed by atoms with van der Waals surface area (Å²) in [6.45, 7) is 0. The van der Waals surface area contributed by atoms with Gasteiger partial charge in [-0.25, -0.2) is 4.39 Å². The number of carbonyl (C=O) groups is 1. The van der Waals surface area contributed by atoms with Gasteiger partial charge in [0.2, 0.25) is 0 Å². The number of hydrogen-bond acceptors (Lipinski definition) is 2. The van der Waals surface area contributed by atoms with Crippen LogP contribution in [0.25, 0.3) is 0 Å². The maximum atomic E-state index is 13.0. The van der Waals surface area contributed by atoms with Crippen molar-refractivity contribution in [2.24, 2.45) is 5.73 Å². The second-order valence-electron chi connectivity index (χ2n) is 4.40. The van der Waals surface area contributed by atoms with Gasteiger partial charge in [-0.15, -0.1) is 0 Å². The van der Waals surface area contributed by atoms with E-state index in [0.29, 0.717) is 11.3 Å². The summed E-state index contributed by atoms with van der Waals surface area (Å²) in [6.07, 6.45) is 0. The third kappa shape index (κ3) is 3.37. The molecule has 6 heteroatoms. The Bertz CT molecular complexity index is 721. The molecule has 0 aliphatic rings. The number of halogens is 2. The minimum Gasteiger partial charge on any atom is -0.389 e. The second kappa shape index (κ2) is 6.20. The highest BCUT2D eigenvalue weighted by molar-refractivity contribution is 7.80. The van der Waals surface area contributed by atoms with Crippen molar-refractivity contribution in [3.63, 3.8) is 0 Å². The second-order valence-corrected chi connectivity index (χ2v) is 5.25. The van der Waals surface area contributed by atoms with E-state index in [1.54, 1.807) is 31.3 Å². The van der Waals surface area contributed by atoms with Crippen molar-refractivity contribution in [3.8, 4) is 0 Å². The lowest BCUT2D eigenvalue weighted by atomic mass is 10.1. The van der Waals surface area contributed by atoms with Gasteiger partial charge in [-0.2, -0.15) is 0 Å². The third-order valence-corrected chi connectivity index (χ3v) is 3.53. The highest BCUT2D eigenvalue weighted by atomic mass is 35.5. The molecule has 0 aliphatic carbocycles. The minimum absolute atomic E-state index is 0.0670. The van der Waals surface area contributed by atoms with Crippen molar-refractivity contribution < 1.29 is 9.18 Å². The highest BCUT2D eigenvalue weighted by Crippen LogP contribution is 2.22. The van der Waals surface area contributed by atoms with Crippen LogP contribution in [-0.2, 0) is 0 Å². The molecule has 0 unspecified atom stereocenters. The van der Waals surface area contributed by atoms with Crippen LogP contribution in [0, 0.1) is 5.82 Å². The first-order chi connectivity index (χ1) is 9.90. The Kier molecular flexibility index (Phi) is 4.55. The van der Waals surface area contributed by atoms with Crippen molar-refractivity contribution >= 4 is 40.4 Å². The van der Waals surface area contributed by atoms with Gasteiger partial charge in [0.25, 0.3) is 5.91 Å². The van der Waals surface area contributed by atoms with Crippen LogP contribution in [0.15, 0.2) is 42.5 Å². The molecule has 2 aromatic rings. The molecule has 0 saturated carbocycles. The SMILES string of the molecule is CN(C(=O)c1ccc(F)cc1Cl)c1cccc(C(N)=S)c1. The molecule has 0 radical (unpaired) electrons. The highest BCUT2D eigenvalue weighted by Gasteiger charge is 2.17. The van der Waals surface area contributed by atoms with E-state index in [-0.39, 0.29) is 21.5 Å². The molecule has 0 bridgehead atoms. The Morgan fingerprint density at radius 1 is 1.29 bits per heavy atom. The summed E-state index contributed by atoms with van der Waals surface area (Å²) >= 11 is 10.8. The smallest absolute Gasteiger partial charge is 0.259 e. The van der Waals surface area contributed by atoms with Crippen LogP contribution in [0.1, 0.15) is 15.9 Å². The Morgan fingerprint density at radius 2 is 2.00 bits per heavy atom. The standard InChI is InChI=1S/C15H12ClFN2OS/c1-19(11-4-2-3-9(7-11)14(18)21)15(20)12-6-5-10(17)8-13(12)16/h2-8H,1H3,(H2,18,21). The van der Waals surface area contributed by atoms with E-state index in [0.717, 1.165) is 6.07 Å². The molecular weight excluding hydrogens is 311 g/mol. The first-order valence-corrected chi connectivity index (χ1v) is 6.81. The number of thiocarbonyl (C=S) groups is 1. The fourth-order valence-corrected chi connectivity index (χ4v) is 2.20. The molecule has 0 aromatic heterocycles. The minimum atomic E-state index is -0.491. The molecule has 0 spiro atoms. The molecule has 0 atom stereocenters. The molecule has 108 valence electrons. The fraction of sp³-hybridized carbons (Fsp3) is 0.0667. The average Bonchev–Trinajstić information content (AvgIpc) is 2.46. The lowest BCUT2D eigenvalue weighted by molar-refractivity contribution is 0.0993. The summed E-state index contributed by atoms with van der Waals surface area (Å²) < 4.78 is 13.0. The molecule has 0 heterocycles. The maximum absolute atomic E-state index is 13.0. The van der Waals surface area contributed by atoms with Gasteiger partial charge in [0.1, 0.15) is 10.8 Å². The summed E-state index contributed by atoms with van der Waals surface area (Å²) in [5.74, 6) is -0.838. The number of carbonyl (C=O) groups excluding carboxylic acids is 1. The Labute approximate surface area is 132 Å². The van der Waals surface area contributed by atoms with E-state index in [9.17, 15) is 9.18 Å². The van der Waals surface area contributed by atoms with Gasteiger partial charge in [0, 0.05) is 18.3 Å². The van der Waals surface area contributed by atoms with Crippen molar-refractivity contribution in [1.82, 2.24) is 0 Å². The Hall–Kier alpha value is -1.98. The topological polar surface area (TPSA) is 46.3 Å². The number of anilines is 1. The van der Waals surface area contributed by atoms with Crippen molar-refractivity contribution in [2.45, 2.75) is 0 Å². The normalized spacial score (nSPS) is 10.2. The zero-order chi connectivity index (χ0) is 15.6. The van der Waals surface area contributed by atoms with Gasteiger partial charge in [0.05, 0.1) is 10.6 Å². The number of amides is 1. The van der Waals surface area contributed by atoms with Crippen LogP contribution in [0.5, 0.6) is 0 Å². The van der Waals surface area contributed by atoms with Crippen LogP contribution < -0.4 is 10.6 Å². The number of hydrogen-bond donors (Lipinski definition) is 1. The molecule has 0 fully saturated rings. The van der Waals surface area contributed by atoms with Gasteiger partial charge in [-0.3, -0.25) is 4.79 Å². The molecule has 1 amide bonds. The van der Waals surface area contributed by atoms with Gasteiger partial charge in [-0.05, 0) is 30.3 Å². The van der Waals surface area contributed by atoms with Crippen LogP contribution in [0.4, 0.5) is 10.1 Å². The molecular formula is C15H12ClFN2OS. The van der Waals surface area contributed by atoms with E-state index in [4.69, 9.17) is 29.6 Å². The molecule has 2 N–H and O–H groups in total. The molecule has 2 aromatic carbocycles.